The van der Waals surface area contributed by atoms with Crippen molar-refractivity contribution in [2.24, 2.45) is 0 Å². The quantitative estimate of drug-likeness (QED) is 0.725. The molecule has 2 saturated heterocycles. The molecular weight excluding hydrogens is 393 g/mol. The zero-order chi connectivity index (χ0) is 20.8. The van der Waals surface area contributed by atoms with Gasteiger partial charge < -0.3 is 15.0 Å². The molecule has 0 aromatic heterocycles. The lowest BCUT2D eigenvalue weighted by Gasteiger charge is -2.44. The Kier molecular flexibility index (Phi) is 8.30. The standard InChI is InChI=1S/C22H33ClFN3O2/c1-16(2)26-10-5-18(6-11-26)27(19-7-13-29-14-8-19)12-9-25-22(28)20-15-17(23)3-4-21(20)24/h3-4,15-16,18-19H,5-14H2,1-2H3,(H,25,28). The molecule has 1 amide bonds. The highest BCUT2D eigenvalue weighted by molar-refractivity contribution is 6.31. The van der Waals surface area contributed by atoms with Crippen molar-refractivity contribution in [1.82, 2.24) is 15.1 Å². The van der Waals surface area contributed by atoms with Gasteiger partial charge in [0.15, 0.2) is 0 Å². The number of hydrogen-bond donors (Lipinski definition) is 1. The van der Waals surface area contributed by atoms with Gasteiger partial charge in [0, 0.05) is 49.5 Å². The maximum absolute atomic E-state index is 13.9. The van der Waals surface area contributed by atoms with Crippen molar-refractivity contribution in [2.75, 3.05) is 39.4 Å². The van der Waals surface area contributed by atoms with E-state index >= 15 is 0 Å². The summed E-state index contributed by atoms with van der Waals surface area (Å²) in [6, 6.07) is 5.65. The third-order valence-electron chi connectivity index (χ3n) is 6.19. The summed E-state index contributed by atoms with van der Waals surface area (Å²) in [7, 11) is 0. The van der Waals surface area contributed by atoms with Crippen LogP contribution in [0.15, 0.2) is 18.2 Å². The molecule has 0 spiro atoms. The maximum Gasteiger partial charge on any atom is 0.254 e. The van der Waals surface area contributed by atoms with Gasteiger partial charge in [-0.15, -0.1) is 0 Å². The zero-order valence-electron chi connectivity index (χ0n) is 17.5. The van der Waals surface area contributed by atoms with Gasteiger partial charge in [-0.3, -0.25) is 9.69 Å². The van der Waals surface area contributed by atoms with Gasteiger partial charge in [0.1, 0.15) is 5.82 Å². The first-order chi connectivity index (χ1) is 14.0. The number of halogens is 2. The highest BCUT2D eigenvalue weighted by Gasteiger charge is 2.31. The molecule has 0 aliphatic carbocycles. The van der Waals surface area contributed by atoms with Gasteiger partial charge in [0.05, 0.1) is 5.56 Å². The Bertz CT molecular complexity index is 674. The summed E-state index contributed by atoms with van der Waals surface area (Å²) in [4.78, 5) is 17.5. The van der Waals surface area contributed by atoms with Crippen LogP contribution < -0.4 is 5.32 Å². The Hall–Kier alpha value is -1.21. The van der Waals surface area contributed by atoms with Crippen LogP contribution in [-0.2, 0) is 4.74 Å². The molecular formula is C22H33ClFN3O2. The SMILES string of the molecule is CC(C)N1CCC(N(CCNC(=O)c2cc(Cl)ccc2F)C2CCOCC2)CC1. The first-order valence-electron chi connectivity index (χ1n) is 10.8. The van der Waals surface area contributed by atoms with E-state index in [1.54, 1.807) is 0 Å². The van der Waals surface area contributed by atoms with Crippen LogP contribution in [0.3, 0.4) is 0 Å². The number of nitrogens with one attached hydrogen (secondary N) is 1. The van der Waals surface area contributed by atoms with Crippen LogP contribution in [0.25, 0.3) is 0 Å². The minimum absolute atomic E-state index is 0.000331. The molecule has 1 aromatic rings. The number of rotatable bonds is 7. The van der Waals surface area contributed by atoms with Gasteiger partial charge in [0.25, 0.3) is 5.91 Å². The molecule has 0 atom stereocenters. The number of hydrogen-bond acceptors (Lipinski definition) is 4. The lowest BCUT2D eigenvalue weighted by atomic mass is 9.97. The molecule has 5 nitrogen and oxygen atoms in total. The number of benzene rings is 1. The van der Waals surface area contributed by atoms with E-state index in [4.69, 9.17) is 16.3 Å². The van der Waals surface area contributed by atoms with Crippen LogP contribution >= 0.6 is 11.6 Å². The van der Waals surface area contributed by atoms with E-state index < -0.39 is 11.7 Å². The molecule has 2 aliphatic heterocycles. The molecule has 2 heterocycles. The van der Waals surface area contributed by atoms with E-state index in [2.05, 4.69) is 29.0 Å². The number of amides is 1. The van der Waals surface area contributed by atoms with Crippen molar-refractivity contribution >= 4 is 17.5 Å². The predicted octanol–water partition coefficient (Wildman–Crippen LogP) is 3.56. The van der Waals surface area contributed by atoms with Gasteiger partial charge in [-0.1, -0.05) is 11.6 Å². The summed E-state index contributed by atoms with van der Waals surface area (Å²) in [6.45, 7) is 9.59. The van der Waals surface area contributed by atoms with E-state index in [9.17, 15) is 9.18 Å². The lowest BCUT2D eigenvalue weighted by Crippen LogP contribution is -2.53. The average Bonchev–Trinajstić information content (AvgIpc) is 2.73. The number of nitrogens with zero attached hydrogens (tertiary/aromatic N) is 2. The molecule has 1 aromatic carbocycles. The molecule has 1 N–H and O–H groups in total. The first kappa shape index (κ1) is 22.5. The minimum atomic E-state index is -0.547. The van der Waals surface area contributed by atoms with Crippen molar-refractivity contribution in [2.45, 2.75) is 57.7 Å². The number of carbonyl (C=O) groups is 1. The fourth-order valence-electron chi connectivity index (χ4n) is 4.48. The Morgan fingerprint density at radius 3 is 2.55 bits per heavy atom. The van der Waals surface area contributed by atoms with Gasteiger partial charge >= 0.3 is 0 Å². The zero-order valence-corrected chi connectivity index (χ0v) is 18.3. The van der Waals surface area contributed by atoms with E-state index in [-0.39, 0.29) is 5.56 Å². The summed E-state index contributed by atoms with van der Waals surface area (Å²) in [5.74, 6) is -0.958. The van der Waals surface area contributed by atoms with Crippen molar-refractivity contribution in [3.63, 3.8) is 0 Å². The van der Waals surface area contributed by atoms with E-state index in [1.165, 1.54) is 18.2 Å². The number of carbonyl (C=O) groups excluding carboxylic acids is 1. The van der Waals surface area contributed by atoms with Crippen LogP contribution in [-0.4, -0.2) is 73.2 Å². The second-order valence-corrected chi connectivity index (χ2v) is 8.76. The molecule has 0 unspecified atom stereocenters. The van der Waals surface area contributed by atoms with Crippen LogP contribution in [0, 0.1) is 5.82 Å². The molecule has 2 aliphatic rings. The minimum Gasteiger partial charge on any atom is -0.381 e. The molecule has 0 bridgehead atoms. The summed E-state index contributed by atoms with van der Waals surface area (Å²) >= 11 is 5.91. The molecule has 29 heavy (non-hydrogen) atoms. The molecule has 3 rings (SSSR count). The monoisotopic (exact) mass is 425 g/mol. The van der Waals surface area contributed by atoms with Crippen LogP contribution in [0.1, 0.15) is 49.9 Å². The van der Waals surface area contributed by atoms with Crippen molar-refractivity contribution in [3.05, 3.63) is 34.6 Å². The maximum atomic E-state index is 13.9. The average molecular weight is 426 g/mol. The summed E-state index contributed by atoms with van der Waals surface area (Å²) in [5.41, 5.74) is 0.000331. The highest BCUT2D eigenvalue weighted by Crippen LogP contribution is 2.24. The molecule has 0 saturated carbocycles. The third-order valence-corrected chi connectivity index (χ3v) is 6.42. The molecule has 0 radical (unpaired) electrons. The highest BCUT2D eigenvalue weighted by atomic mass is 35.5. The first-order valence-corrected chi connectivity index (χ1v) is 11.1. The fourth-order valence-corrected chi connectivity index (χ4v) is 4.65. The predicted molar refractivity (Wildman–Crippen MR) is 114 cm³/mol. The largest absolute Gasteiger partial charge is 0.381 e. The fraction of sp³-hybridized carbons (Fsp3) is 0.682. The van der Waals surface area contributed by atoms with Gasteiger partial charge in [-0.2, -0.15) is 0 Å². The Labute approximate surface area is 178 Å². The third kappa shape index (κ3) is 6.14. The van der Waals surface area contributed by atoms with Crippen LogP contribution in [0.5, 0.6) is 0 Å². The molecule has 7 heteroatoms. The van der Waals surface area contributed by atoms with Gasteiger partial charge in [0.2, 0.25) is 0 Å². The Morgan fingerprint density at radius 2 is 1.90 bits per heavy atom. The van der Waals surface area contributed by atoms with Crippen molar-refractivity contribution < 1.29 is 13.9 Å². The van der Waals surface area contributed by atoms with E-state index in [1.807, 2.05) is 0 Å². The van der Waals surface area contributed by atoms with Crippen LogP contribution in [0.4, 0.5) is 4.39 Å². The number of piperidine rings is 1. The summed E-state index contributed by atoms with van der Waals surface area (Å²) in [5, 5.41) is 3.24. The van der Waals surface area contributed by atoms with Crippen molar-refractivity contribution in [3.8, 4) is 0 Å². The van der Waals surface area contributed by atoms with Gasteiger partial charge in [-0.05, 0) is 70.8 Å². The van der Waals surface area contributed by atoms with Crippen LogP contribution in [0.2, 0.25) is 5.02 Å². The Morgan fingerprint density at radius 1 is 1.24 bits per heavy atom. The van der Waals surface area contributed by atoms with E-state index in [0.717, 1.165) is 58.5 Å². The Balaban J connectivity index is 1.58. The van der Waals surface area contributed by atoms with Gasteiger partial charge in [-0.25, -0.2) is 4.39 Å². The number of ether oxygens (including phenoxy) is 1. The number of likely N-dealkylation sites (tertiary alicyclic amines) is 1. The lowest BCUT2D eigenvalue weighted by molar-refractivity contribution is 0.0000186. The topological polar surface area (TPSA) is 44.8 Å². The molecule has 162 valence electrons. The second kappa shape index (κ2) is 10.7. The second-order valence-electron chi connectivity index (χ2n) is 8.32. The summed E-state index contributed by atoms with van der Waals surface area (Å²) < 4.78 is 19.5. The van der Waals surface area contributed by atoms with Crippen molar-refractivity contribution in [1.29, 1.82) is 0 Å². The molecule has 2 fully saturated rings. The smallest absolute Gasteiger partial charge is 0.254 e. The normalized spacial score (nSPS) is 19.8. The summed E-state index contributed by atoms with van der Waals surface area (Å²) in [6.07, 6.45) is 4.35. The van der Waals surface area contributed by atoms with E-state index in [0.29, 0.717) is 29.7 Å².